The van der Waals surface area contributed by atoms with Gasteiger partial charge in [0.2, 0.25) is 5.84 Å². The number of carbonyl (C=O) groups is 3. The Hall–Kier alpha value is -3.62. The van der Waals surface area contributed by atoms with E-state index in [-0.39, 0.29) is 24.8 Å². The first kappa shape index (κ1) is 19.2. The van der Waals surface area contributed by atoms with Gasteiger partial charge in [-0.05, 0) is 32.0 Å². The highest BCUT2D eigenvalue weighted by Gasteiger charge is 2.25. The zero-order valence-electron chi connectivity index (χ0n) is 15.7. The second-order valence-corrected chi connectivity index (χ2v) is 6.20. The Balaban J connectivity index is 1.65. The molecule has 0 bridgehead atoms. The van der Waals surface area contributed by atoms with Crippen LogP contribution in [0.4, 0.5) is 5.69 Å². The molecule has 0 fully saturated rings. The molecule has 1 aromatic carbocycles. The van der Waals surface area contributed by atoms with E-state index in [9.17, 15) is 14.4 Å². The molecule has 0 unspecified atom stereocenters. The quantitative estimate of drug-likeness (QED) is 0.750. The molecule has 3 rings (SSSR count). The number of esters is 1. The van der Waals surface area contributed by atoms with Crippen molar-refractivity contribution in [1.82, 2.24) is 10.7 Å². The Morgan fingerprint density at radius 1 is 1.29 bits per heavy atom. The van der Waals surface area contributed by atoms with Crippen LogP contribution in [0.3, 0.4) is 0 Å². The number of furan rings is 1. The number of nitrogens with zero attached hydrogens (tertiary/aromatic N) is 2. The average Bonchev–Trinajstić information content (AvgIpc) is 3.07. The van der Waals surface area contributed by atoms with Crippen molar-refractivity contribution in [3.63, 3.8) is 0 Å². The summed E-state index contributed by atoms with van der Waals surface area (Å²) in [5.41, 5.74) is 4.70. The number of nitrogens with one attached hydrogen (secondary N) is 2. The van der Waals surface area contributed by atoms with E-state index in [1.165, 1.54) is 18.2 Å². The number of carbonyl (C=O) groups excluding carboxylic acids is 3. The summed E-state index contributed by atoms with van der Waals surface area (Å²) in [6.07, 6.45) is 0. The van der Waals surface area contributed by atoms with Gasteiger partial charge in [0.25, 0.3) is 11.8 Å². The van der Waals surface area contributed by atoms with Crippen molar-refractivity contribution < 1.29 is 23.5 Å². The van der Waals surface area contributed by atoms with Gasteiger partial charge in [0.1, 0.15) is 23.6 Å². The minimum atomic E-state index is -0.510. The third kappa shape index (κ3) is 4.03. The van der Waals surface area contributed by atoms with Gasteiger partial charge in [-0.2, -0.15) is 0 Å². The summed E-state index contributed by atoms with van der Waals surface area (Å²) in [6, 6.07) is 8.81. The molecule has 28 heavy (non-hydrogen) atoms. The van der Waals surface area contributed by atoms with Crippen molar-refractivity contribution >= 4 is 29.3 Å². The number of aliphatic imine (C=N–C) groups is 1. The molecule has 2 N–H and O–H groups in total. The largest absolute Gasteiger partial charge is 0.465 e. The summed E-state index contributed by atoms with van der Waals surface area (Å²) >= 11 is 0. The zero-order chi connectivity index (χ0) is 20.3. The van der Waals surface area contributed by atoms with Gasteiger partial charge in [0.15, 0.2) is 0 Å². The molecular weight excluding hydrogens is 364 g/mol. The average molecular weight is 384 g/mol. The first-order chi connectivity index (χ1) is 13.4. The number of amides is 2. The van der Waals surface area contributed by atoms with Gasteiger partial charge >= 0.3 is 5.97 Å². The van der Waals surface area contributed by atoms with Crippen molar-refractivity contribution in [3.05, 3.63) is 53.0 Å². The van der Waals surface area contributed by atoms with Crippen LogP contribution in [0, 0.1) is 13.8 Å². The van der Waals surface area contributed by atoms with Crippen LogP contribution >= 0.6 is 0 Å². The molecule has 0 aliphatic carbocycles. The molecule has 0 radical (unpaired) electrons. The van der Waals surface area contributed by atoms with Crippen LogP contribution in [0.1, 0.15) is 27.4 Å². The maximum Gasteiger partial charge on any atom is 0.341 e. The van der Waals surface area contributed by atoms with Crippen LogP contribution in [0.5, 0.6) is 0 Å². The van der Waals surface area contributed by atoms with Crippen molar-refractivity contribution in [2.75, 3.05) is 18.7 Å². The van der Waals surface area contributed by atoms with Crippen molar-refractivity contribution in [3.8, 4) is 0 Å². The van der Waals surface area contributed by atoms with Gasteiger partial charge in [0.05, 0.1) is 19.3 Å². The number of hydrazine groups is 1. The molecule has 1 aromatic heterocycles. The number of aryl methyl sites for hydroxylation is 2. The Kier molecular flexibility index (Phi) is 5.44. The van der Waals surface area contributed by atoms with Crippen molar-refractivity contribution in [2.24, 2.45) is 4.99 Å². The highest BCUT2D eigenvalue weighted by molar-refractivity contribution is 6.39. The molecule has 0 saturated carbocycles. The summed E-state index contributed by atoms with van der Waals surface area (Å²) in [4.78, 5) is 40.1. The van der Waals surface area contributed by atoms with Gasteiger partial charge in [0, 0.05) is 0 Å². The van der Waals surface area contributed by atoms with E-state index >= 15 is 0 Å². The van der Waals surface area contributed by atoms with Crippen LogP contribution in [-0.4, -0.2) is 37.3 Å². The number of amidine groups is 1. The van der Waals surface area contributed by atoms with E-state index in [0.717, 1.165) is 5.56 Å². The summed E-state index contributed by atoms with van der Waals surface area (Å²) in [7, 11) is 1.28. The molecule has 2 amide bonds. The maximum absolute atomic E-state index is 12.4. The van der Waals surface area contributed by atoms with Crippen LogP contribution < -0.4 is 15.8 Å². The highest BCUT2D eigenvalue weighted by Crippen LogP contribution is 2.16. The second kappa shape index (κ2) is 7.95. The fraction of sp³-hybridized carbons (Fsp3) is 0.263. The first-order valence-corrected chi connectivity index (χ1v) is 8.55. The molecule has 0 saturated heterocycles. The number of benzene rings is 1. The number of methoxy groups -OCH3 is 1. The van der Waals surface area contributed by atoms with Crippen LogP contribution in [0.2, 0.25) is 0 Å². The molecule has 1 aliphatic rings. The third-order valence-corrected chi connectivity index (χ3v) is 4.14. The molecule has 2 aromatic rings. The fourth-order valence-corrected chi connectivity index (χ4v) is 2.64. The summed E-state index contributed by atoms with van der Waals surface area (Å²) in [6.45, 7) is 3.48. The minimum Gasteiger partial charge on any atom is -0.465 e. The summed E-state index contributed by atoms with van der Waals surface area (Å²) in [5, 5.41) is 3.93. The van der Waals surface area contributed by atoms with E-state index in [0.29, 0.717) is 22.8 Å². The summed E-state index contributed by atoms with van der Waals surface area (Å²) < 4.78 is 10.1. The van der Waals surface area contributed by atoms with E-state index in [1.807, 2.05) is 19.1 Å². The molecule has 0 spiro atoms. The maximum atomic E-state index is 12.4. The first-order valence-electron chi connectivity index (χ1n) is 8.55. The van der Waals surface area contributed by atoms with Crippen molar-refractivity contribution in [2.45, 2.75) is 20.4 Å². The Bertz CT molecular complexity index is 946. The third-order valence-electron chi connectivity index (χ3n) is 4.14. The smallest absolute Gasteiger partial charge is 0.341 e. The number of ether oxygens (including phenoxy) is 1. The topological polar surface area (TPSA) is 113 Å². The lowest BCUT2D eigenvalue weighted by molar-refractivity contribution is -0.118. The van der Waals surface area contributed by atoms with E-state index in [1.54, 1.807) is 19.1 Å². The van der Waals surface area contributed by atoms with Gasteiger partial charge in [-0.1, -0.05) is 17.7 Å². The Morgan fingerprint density at radius 2 is 2.00 bits per heavy atom. The predicted octanol–water partition coefficient (Wildman–Crippen LogP) is 1.25. The number of hydrogen-bond donors (Lipinski definition) is 2. The number of rotatable bonds is 5. The lowest BCUT2D eigenvalue weighted by Gasteiger charge is -2.27. The van der Waals surface area contributed by atoms with E-state index in [2.05, 4.69) is 20.5 Å². The lowest BCUT2D eigenvalue weighted by atomic mass is 10.2. The molecule has 0 atom stereocenters. The van der Waals surface area contributed by atoms with Gasteiger partial charge in [-0.15, -0.1) is 0 Å². The van der Waals surface area contributed by atoms with E-state index < -0.39 is 11.9 Å². The summed E-state index contributed by atoms with van der Waals surface area (Å²) in [5.74, 6) is -0.474. The fourth-order valence-electron chi connectivity index (χ4n) is 2.64. The normalized spacial score (nSPS) is 13.6. The van der Waals surface area contributed by atoms with Crippen LogP contribution in [-0.2, 0) is 20.9 Å². The molecule has 9 nitrogen and oxygen atoms in total. The van der Waals surface area contributed by atoms with Crippen LogP contribution in [0.15, 0.2) is 39.7 Å². The highest BCUT2D eigenvalue weighted by atomic mass is 16.5. The standard InChI is InChI=1S/C19H20N4O5/c1-11-4-6-13(7-5-11)23-16(24)10-20-17(22-23)18(25)21-9-14-8-15(12(2)28-14)19(26)27-3/h4-8H,9-10H2,1-3H3,(H,20,22)(H,21,25). The number of hydrogen-bond acceptors (Lipinski definition) is 7. The van der Waals surface area contributed by atoms with Crippen LogP contribution in [0.25, 0.3) is 0 Å². The monoisotopic (exact) mass is 384 g/mol. The molecule has 2 heterocycles. The van der Waals surface area contributed by atoms with Gasteiger partial charge in [-0.3, -0.25) is 20.0 Å². The zero-order valence-corrected chi connectivity index (χ0v) is 15.7. The van der Waals surface area contributed by atoms with Gasteiger partial charge < -0.3 is 14.5 Å². The Labute approximate surface area is 161 Å². The Morgan fingerprint density at radius 3 is 2.68 bits per heavy atom. The van der Waals surface area contributed by atoms with E-state index in [4.69, 9.17) is 4.42 Å². The number of anilines is 1. The van der Waals surface area contributed by atoms with Gasteiger partial charge in [-0.25, -0.2) is 9.80 Å². The lowest BCUT2D eigenvalue weighted by Crippen LogP contribution is -2.55. The van der Waals surface area contributed by atoms with Crippen molar-refractivity contribution in [1.29, 1.82) is 0 Å². The predicted molar refractivity (Wildman–Crippen MR) is 101 cm³/mol. The SMILES string of the molecule is COC(=O)c1cc(CNC(=O)C2=NCC(=O)N(c3ccc(C)cc3)N2)oc1C. The molecular formula is C19H20N4O5. The molecule has 9 heteroatoms. The molecule has 1 aliphatic heterocycles. The molecule has 146 valence electrons. The minimum absolute atomic E-state index is 0.0108. The second-order valence-electron chi connectivity index (χ2n) is 6.20.